The van der Waals surface area contributed by atoms with Gasteiger partial charge in [0.2, 0.25) is 0 Å². The second-order valence-corrected chi connectivity index (χ2v) is 10.4. The molecule has 0 bridgehead atoms. The Bertz CT molecular complexity index is 1660. The summed E-state index contributed by atoms with van der Waals surface area (Å²) in [6, 6.07) is 21.5. The molecule has 0 N–H and O–H groups in total. The summed E-state index contributed by atoms with van der Waals surface area (Å²) in [5.41, 5.74) is 4.88. The molecule has 0 fully saturated rings. The molecule has 5 aromatic rings. The van der Waals surface area contributed by atoms with Gasteiger partial charge in [0, 0.05) is 46.5 Å². The number of fused-ring (bicyclic) bond motifs is 2. The highest BCUT2D eigenvalue weighted by Crippen LogP contribution is 2.34. The van der Waals surface area contributed by atoms with E-state index in [-0.39, 0.29) is 0 Å². The van der Waals surface area contributed by atoms with Crippen LogP contribution in [-0.4, -0.2) is 45.9 Å². The van der Waals surface area contributed by atoms with Crippen molar-refractivity contribution < 1.29 is 18.9 Å². The summed E-state index contributed by atoms with van der Waals surface area (Å²) < 4.78 is 23.4. The van der Waals surface area contributed by atoms with Crippen molar-refractivity contribution in [1.82, 2.24) is 4.98 Å². The third-order valence-electron chi connectivity index (χ3n) is 6.29. The Morgan fingerprint density at radius 3 is 1.38 bits per heavy atom. The molecular weight excluding hydrogens is 638 g/mol. The molecule has 7 nitrogen and oxygen atoms in total. The predicted molar refractivity (Wildman–Crippen MR) is 168 cm³/mol. The van der Waals surface area contributed by atoms with E-state index < -0.39 is 0 Å². The number of aromatic nitrogens is 1. The lowest BCUT2D eigenvalue weighted by atomic mass is 10.1. The zero-order valence-electron chi connectivity index (χ0n) is 22.2. The van der Waals surface area contributed by atoms with Gasteiger partial charge < -0.3 is 18.9 Å². The minimum Gasteiger partial charge on any atom is -0.496 e. The molecule has 1 aromatic heterocycles. The lowest BCUT2D eigenvalue weighted by Crippen LogP contribution is -1.94. The first-order chi connectivity index (χ1) is 19.4. The summed E-state index contributed by atoms with van der Waals surface area (Å²) >= 11 is 7.05. The summed E-state index contributed by atoms with van der Waals surface area (Å²) in [5.74, 6) is 2.72. The minimum absolute atomic E-state index is 0.668. The van der Waals surface area contributed by atoms with E-state index in [1.807, 2.05) is 60.7 Å². The summed E-state index contributed by atoms with van der Waals surface area (Å²) in [6.07, 6.45) is 3.54. The van der Waals surface area contributed by atoms with Gasteiger partial charge in [-0.3, -0.25) is 9.98 Å². The Morgan fingerprint density at radius 2 is 0.975 bits per heavy atom. The van der Waals surface area contributed by atoms with E-state index in [4.69, 9.17) is 23.9 Å². The molecule has 202 valence electrons. The SMILES string of the molecule is COc1cc(OC)c(C=Nc2ccc3cc4ccc(N=Cc5cc(Br)c(OC)cc5OC)cc4nc3c2)cc1Br. The lowest BCUT2D eigenvalue weighted by Gasteiger charge is -2.09. The maximum absolute atomic E-state index is 5.51. The van der Waals surface area contributed by atoms with Crippen LogP contribution < -0.4 is 18.9 Å². The van der Waals surface area contributed by atoms with Gasteiger partial charge in [-0.1, -0.05) is 12.1 Å². The number of rotatable bonds is 8. The zero-order chi connectivity index (χ0) is 28.2. The summed E-state index contributed by atoms with van der Waals surface area (Å²) in [5, 5.41) is 2.06. The van der Waals surface area contributed by atoms with Crippen molar-refractivity contribution in [3.63, 3.8) is 0 Å². The summed E-state index contributed by atoms with van der Waals surface area (Å²) in [7, 11) is 6.48. The number of methoxy groups -OCH3 is 4. The Labute approximate surface area is 248 Å². The Kier molecular flexibility index (Phi) is 8.32. The van der Waals surface area contributed by atoms with Gasteiger partial charge in [0.1, 0.15) is 23.0 Å². The molecule has 0 saturated heterocycles. The lowest BCUT2D eigenvalue weighted by molar-refractivity contribution is 0.392. The van der Waals surface area contributed by atoms with Crippen molar-refractivity contribution in [3.8, 4) is 23.0 Å². The van der Waals surface area contributed by atoms with E-state index in [1.165, 1.54) is 0 Å². The average Bonchev–Trinajstić information content (AvgIpc) is 2.97. The molecule has 5 rings (SSSR count). The maximum Gasteiger partial charge on any atom is 0.136 e. The molecule has 0 aliphatic rings. The topological polar surface area (TPSA) is 74.5 Å². The van der Waals surface area contributed by atoms with Crippen molar-refractivity contribution in [2.45, 2.75) is 0 Å². The van der Waals surface area contributed by atoms with Crippen LogP contribution >= 0.6 is 31.9 Å². The zero-order valence-corrected chi connectivity index (χ0v) is 25.4. The highest BCUT2D eigenvalue weighted by Gasteiger charge is 2.10. The van der Waals surface area contributed by atoms with Crippen LogP contribution in [0.1, 0.15) is 11.1 Å². The third-order valence-corrected chi connectivity index (χ3v) is 7.53. The van der Waals surface area contributed by atoms with Gasteiger partial charge in [0.05, 0.1) is 59.8 Å². The smallest absolute Gasteiger partial charge is 0.136 e. The summed E-state index contributed by atoms with van der Waals surface area (Å²) in [4.78, 5) is 14.3. The van der Waals surface area contributed by atoms with Crippen molar-refractivity contribution in [2.24, 2.45) is 9.98 Å². The number of hydrogen-bond acceptors (Lipinski definition) is 7. The number of ether oxygens (including phenoxy) is 4. The van der Waals surface area contributed by atoms with Crippen LogP contribution in [0.25, 0.3) is 21.8 Å². The van der Waals surface area contributed by atoms with Crippen LogP contribution in [0.5, 0.6) is 23.0 Å². The van der Waals surface area contributed by atoms with Gasteiger partial charge in [0.15, 0.2) is 0 Å². The minimum atomic E-state index is 0.668. The second-order valence-electron chi connectivity index (χ2n) is 8.72. The molecule has 1 heterocycles. The molecule has 0 amide bonds. The van der Waals surface area contributed by atoms with Crippen LogP contribution in [0.3, 0.4) is 0 Å². The fraction of sp³-hybridized carbons (Fsp3) is 0.129. The Balaban J connectivity index is 1.45. The fourth-order valence-electron chi connectivity index (χ4n) is 4.22. The molecule has 9 heteroatoms. The van der Waals surface area contributed by atoms with Gasteiger partial charge in [-0.05, 0) is 74.3 Å². The van der Waals surface area contributed by atoms with Gasteiger partial charge in [0.25, 0.3) is 0 Å². The van der Waals surface area contributed by atoms with Gasteiger partial charge in [-0.15, -0.1) is 0 Å². The van der Waals surface area contributed by atoms with E-state index in [0.29, 0.717) is 23.0 Å². The number of pyridine rings is 1. The van der Waals surface area contributed by atoms with Crippen LogP contribution in [-0.2, 0) is 0 Å². The van der Waals surface area contributed by atoms with E-state index in [1.54, 1.807) is 40.9 Å². The molecule has 0 saturated carbocycles. The largest absolute Gasteiger partial charge is 0.496 e. The van der Waals surface area contributed by atoms with Gasteiger partial charge in [-0.25, -0.2) is 4.98 Å². The van der Waals surface area contributed by atoms with Gasteiger partial charge >= 0.3 is 0 Å². The van der Waals surface area contributed by atoms with Crippen LogP contribution in [0, 0.1) is 0 Å². The first-order valence-electron chi connectivity index (χ1n) is 12.2. The van der Waals surface area contributed by atoms with E-state index >= 15 is 0 Å². The van der Waals surface area contributed by atoms with Crippen molar-refractivity contribution in [3.05, 3.63) is 86.8 Å². The molecule has 40 heavy (non-hydrogen) atoms. The molecule has 0 aliphatic carbocycles. The van der Waals surface area contributed by atoms with Crippen LogP contribution in [0.2, 0.25) is 0 Å². The average molecular weight is 663 g/mol. The quantitative estimate of drug-likeness (QED) is 0.123. The first-order valence-corrected chi connectivity index (χ1v) is 13.8. The number of aliphatic imine (C=N–C) groups is 2. The molecule has 0 unspecified atom stereocenters. The molecule has 4 aromatic carbocycles. The Hall–Kier alpha value is -3.95. The van der Waals surface area contributed by atoms with Crippen molar-refractivity contribution in [2.75, 3.05) is 28.4 Å². The maximum atomic E-state index is 5.51. The molecular formula is C31H25Br2N3O4. The standard InChI is InChI=1S/C31H25Br2N3O4/c1-37-28-14-30(39-3)24(32)10-20(28)16-34-22-7-5-18-9-19-6-8-23(13-27(19)36-26(18)12-22)35-17-21-11-25(33)31(40-4)15-29(21)38-2/h5-17H,1-4H3. The third kappa shape index (κ3) is 5.80. The second kappa shape index (κ2) is 12.1. The normalized spacial score (nSPS) is 11.6. The van der Waals surface area contributed by atoms with E-state index in [2.05, 4.69) is 47.9 Å². The molecule has 0 aliphatic heterocycles. The van der Waals surface area contributed by atoms with Gasteiger partial charge in [-0.2, -0.15) is 0 Å². The highest BCUT2D eigenvalue weighted by atomic mass is 79.9. The first kappa shape index (κ1) is 27.6. The number of benzene rings is 4. The molecule has 0 spiro atoms. The van der Waals surface area contributed by atoms with Crippen molar-refractivity contribution in [1.29, 1.82) is 0 Å². The summed E-state index contributed by atoms with van der Waals surface area (Å²) in [6.45, 7) is 0. The van der Waals surface area contributed by atoms with Crippen LogP contribution in [0.15, 0.2) is 85.7 Å². The number of nitrogens with zero attached hydrogens (tertiary/aromatic N) is 3. The van der Waals surface area contributed by atoms with Crippen LogP contribution in [0.4, 0.5) is 11.4 Å². The monoisotopic (exact) mass is 661 g/mol. The highest BCUT2D eigenvalue weighted by molar-refractivity contribution is 9.10. The predicted octanol–water partition coefficient (Wildman–Crippen LogP) is 8.45. The number of halogens is 2. The van der Waals surface area contributed by atoms with E-state index in [0.717, 1.165) is 53.3 Å². The molecule has 0 atom stereocenters. The van der Waals surface area contributed by atoms with Crippen molar-refractivity contribution >= 4 is 77.5 Å². The Morgan fingerprint density at radius 1 is 0.550 bits per heavy atom. The molecule has 0 radical (unpaired) electrons. The van der Waals surface area contributed by atoms with E-state index in [9.17, 15) is 0 Å². The number of hydrogen-bond donors (Lipinski definition) is 0. The fourth-order valence-corrected chi connectivity index (χ4v) is 5.26.